The minimum Gasteiger partial charge on any atom is -0.481 e. The largest absolute Gasteiger partial charge is 0.481 e. The van der Waals surface area contributed by atoms with E-state index in [0.29, 0.717) is 0 Å². The Bertz CT molecular complexity index is 270. The summed E-state index contributed by atoms with van der Waals surface area (Å²) in [5.74, 6) is -2.69. The van der Waals surface area contributed by atoms with Crippen LogP contribution in [-0.2, 0) is 14.4 Å². The maximum Gasteiger partial charge on any atom is 0.313 e. The molecule has 0 atom stereocenters. The van der Waals surface area contributed by atoms with Gasteiger partial charge in [-0.1, -0.05) is 0 Å². The Balaban J connectivity index is -0.0000000939. The highest BCUT2D eigenvalue weighted by molar-refractivity contribution is 7.81. The molecule has 0 radical (unpaired) electrons. The van der Waals surface area contributed by atoms with E-state index >= 15 is 0 Å². The van der Waals surface area contributed by atoms with Gasteiger partial charge >= 0.3 is 17.9 Å². The van der Waals surface area contributed by atoms with Crippen LogP contribution in [0, 0.1) is 5.41 Å². The number of hydrogen-bond donors (Lipinski definition) is 7. The Kier molecular flexibility index (Phi) is 23.0. The Hall–Kier alpha value is -0.970. The molecule has 0 aromatic carbocycles. The fourth-order valence-electron chi connectivity index (χ4n) is 0. The molecule has 8 nitrogen and oxygen atoms in total. The molecule has 0 unspecified atom stereocenters. The van der Waals surface area contributed by atoms with Crippen molar-refractivity contribution in [3.05, 3.63) is 0 Å². The maximum atomic E-state index is 10.0. The van der Waals surface area contributed by atoms with Crippen molar-refractivity contribution in [2.45, 2.75) is 34.0 Å². The number of carboxylic acids is 3. The lowest BCUT2D eigenvalue weighted by molar-refractivity contribution is -0.146. The second-order valence-electron chi connectivity index (χ2n) is 4.29. The van der Waals surface area contributed by atoms with Crippen LogP contribution >= 0.6 is 25.3 Å². The van der Waals surface area contributed by atoms with Gasteiger partial charge in [-0.15, -0.1) is 0 Å². The van der Waals surface area contributed by atoms with E-state index < -0.39 is 29.6 Å². The van der Waals surface area contributed by atoms with Gasteiger partial charge in [0.2, 0.25) is 0 Å². The minimum absolute atomic E-state index is 0.0833. The van der Waals surface area contributed by atoms with Crippen molar-refractivity contribution in [3.8, 4) is 0 Å². The van der Waals surface area contributed by atoms with Gasteiger partial charge in [-0.25, -0.2) is 0 Å². The molecule has 0 saturated heterocycles. The Morgan fingerprint density at radius 2 is 1.00 bits per heavy atom. The first-order valence-corrected chi connectivity index (χ1v) is 6.73. The van der Waals surface area contributed by atoms with Crippen molar-refractivity contribution in [1.82, 2.24) is 0 Å². The summed E-state index contributed by atoms with van der Waals surface area (Å²) in [6.07, 6.45) is -1.17. The molecule has 0 heterocycles. The van der Waals surface area contributed by atoms with E-state index in [0.717, 1.165) is 0 Å². The van der Waals surface area contributed by atoms with Crippen molar-refractivity contribution in [1.29, 1.82) is 0 Å². The van der Waals surface area contributed by atoms with E-state index in [1.54, 1.807) is 20.8 Å². The average Bonchev–Trinajstić information content (AvgIpc) is 2.28. The Morgan fingerprint density at radius 3 is 1.00 bits per heavy atom. The fraction of sp³-hybridized carbons (Fsp3) is 0.727. The van der Waals surface area contributed by atoms with Crippen LogP contribution in [0.3, 0.4) is 0 Å². The second kappa shape index (κ2) is 17.1. The highest BCUT2D eigenvalue weighted by Gasteiger charge is 2.18. The van der Waals surface area contributed by atoms with Crippen molar-refractivity contribution in [3.63, 3.8) is 0 Å². The molecule has 0 aliphatic rings. The molecule has 0 fully saturated rings. The molecule has 10 heteroatoms. The Labute approximate surface area is 134 Å². The SMILES string of the molecule is CC(C)(C)C(=O)O.CC(O)O.O=C(O)CS.O=C(O)CS. The molecule has 0 spiro atoms. The number of aliphatic carboxylic acids is 3. The van der Waals surface area contributed by atoms with Crippen molar-refractivity contribution >= 4 is 43.2 Å². The quantitative estimate of drug-likeness (QED) is 0.280. The topological polar surface area (TPSA) is 152 Å². The van der Waals surface area contributed by atoms with Gasteiger partial charge in [-0.3, -0.25) is 14.4 Å². The lowest BCUT2D eigenvalue weighted by Gasteiger charge is -2.08. The number of rotatable bonds is 2. The summed E-state index contributed by atoms with van der Waals surface area (Å²) >= 11 is 6.83. The van der Waals surface area contributed by atoms with Crippen LogP contribution in [-0.4, -0.2) is 61.2 Å². The number of aliphatic hydroxyl groups excluding tert-OH is 1. The molecule has 0 aliphatic carbocycles. The fourth-order valence-corrected chi connectivity index (χ4v) is 0. The van der Waals surface area contributed by atoms with E-state index in [1.807, 2.05) is 0 Å². The standard InChI is InChI=1S/C5H10O2.2C2H4O2S.C2H6O2/c1-5(2,3)4(6)7;2*3-2(4)1-5;1-2(3)4/h1-3H3,(H,6,7);2*5H,1H2,(H,3,4);2-4H,1H3. The zero-order valence-electron chi connectivity index (χ0n) is 12.3. The third-order valence-corrected chi connectivity index (χ3v) is 1.45. The lowest BCUT2D eigenvalue weighted by atomic mass is 9.98. The molecular formula is C11H24O8S2. The third kappa shape index (κ3) is 67.7. The van der Waals surface area contributed by atoms with Gasteiger partial charge in [0.05, 0.1) is 16.9 Å². The van der Waals surface area contributed by atoms with Crippen molar-refractivity contribution in [2.24, 2.45) is 5.41 Å². The van der Waals surface area contributed by atoms with Crippen LogP contribution < -0.4 is 0 Å². The zero-order valence-corrected chi connectivity index (χ0v) is 14.1. The van der Waals surface area contributed by atoms with Gasteiger partial charge in [0.25, 0.3) is 0 Å². The van der Waals surface area contributed by atoms with Crippen LogP contribution in [0.25, 0.3) is 0 Å². The summed E-state index contributed by atoms with van der Waals surface area (Å²) < 4.78 is 0. The van der Waals surface area contributed by atoms with Crippen LogP contribution in [0.1, 0.15) is 27.7 Å². The van der Waals surface area contributed by atoms with Crippen molar-refractivity contribution < 1.29 is 39.9 Å². The van der Waals surface area contributed by atoms with Gasteiger partial charge in [0.15, 0.2) is 0 Å². The maximum absolute atomic E-state index is 10.0. The molecule has 0 bridgehead atoms. The predicted molar refractivity (Wildman–Crippen MR) is 84.0 cm³/mol. The van der Waals surface area contributed by atoms with Crippen LogP contribution in [0.15, 0.2) is 0 Å². The van der Waals surface area contributed by atoms with Crippen LogP contribution in [0.4, 0.5) is 0 Å². The highest BCUT2D eigenvalue weighted by Crippen LogP contribution is 2.11. The molecule has 128 valence electrons. The monoisotopic (exact) mass is 348 g/mol. The predicted octanol–water partition coefficient (Wildman–Crippen LogP) is 0.436. The van der Waals surface area contributed by atoms with E-state index in [2.05, 4.69) is 25.3 Å². The zero-order chi connectivity index (χ0) is 18.2. The number of aliphatic hydroxyl groups is 2. The number of hydrogen-bond acceptors (Lipinski definition) is 7. The molecule has 0 aliphatic heterocycles. The van der Waals surface area contributed by atoms with Gasteiger partial charge in [-0.2, -0.15) is 25.3 Å². The molecule has 0 rings (SSSR count). The molecule has 21 heavy (non-hydrogen) atoms. The van der Waals surface area contributed by atoms with E-state index in [9.17, 15) is 14.4 Å². The molecule has 5 N–H and O–H groups in total. The first kappa shape index (κ1) is 28.2. The van der Waals surface area contributed by atoms with Crippen LogP contribution in [0.5, 0.6) is 0 Å². The molecule has 0 saturated carbocycles. The number of carboxylic acid groups (broad SMARTS) is 3. The Morgan fingerprint density at radius 1 is 0.905 bits per heavy atom. The van der Waals surface area contributed by atoms with E-state index in [-0.39, 0.29) is 11.5 Å². The minimum atomic E-state index is -1.17. The number of carbonyl (C=O) groups is 3. The smallest absolute Gasteiger partial charge is 0.313 e. The summed E-state index contributed by atoms with van der Waals surface area (Å²) in [6, 6.07) is 0. The summed E-state index contributed by atoms with van der Waals surface area (Å²) in [6.45, 7) is 6.26. The first-order valence-electron chi connectivity index (χ1n) is 5.47. The van der Waals surface area contributed by atoms with E-state index in [1.165, 1.54) is 6.92 Å². The first-order chi connectivity index (χ1) is 9.22. The average molecular weight is 348 g/mol. The molecule has 0 aromatic rings. The lowest BCUT2D eigenvalue weighted by Crippen LogP contribution is -2.18. The summed E-state index contributed by atoms with van der Waals surface area (Å²) in [7, 11) is 0. The third-order valence-electron chi connectivity index (χ3n) is 0.912. The van der Waals surface area contributed by atoms with Crippen molar-refractivity contribution in [2.75, 3.05) is 11.5 Å². The second-order valence-corrected chi connectivity index (χ2v) is 4.92. The van der Waals surface area contributed by atoms with Gasteiger partial charge in [0, 0.05) is 0 Å². The normalized spacial score (nSPS) is 9.00. The summed E-state index contributed by atoms with van der Waals surface area (Å²) in [4.78, 5) is 28.6. The van der Waals surface area contributed by atoms with Gasteiger partial charge < -0.3 is 25.5 Å². The molecule has 0 aromatic heterocycles. The molecule has 0 amide bonds. The van der Waals surface area contributed by atoms with Crippen LogP contribution in [0.2, 0.25) is 0 Å². The highest BCUT2D eigenvalue weighted by atomic mass is 32.1. The van der Waals surface area contributed by atoms with Gasteiger partial charge in [-0.05, 0) is 27.7 Å². The number of thiol groups is 2. The van der Waals surface area contributed by atoms with Gasteiger partial charge in [0.1, 0.15) is 6.29 Å². The van der Waals surface area contributed by atoms with E-state index in [4.69, 9.17) is 25.5 Å². The molecular weight excluding hydrogens is 324 g/mol. The summed E-state index contributed by atoms with van der Waals surface area (Å²) in [5.41, 5.74) is -0.583. The summed E-state index contributed by atoms with van der Waals surface area (Å²) in [5, 5.41) is 38.8.